The fourth-order valence-electron chi connectivity index (χ4n) is 4.97. The number of amides is 1. The number of aryl methyl sites for hydroxylation is 2. The van der Waals surface area contributed by atoms with E-state index in [1.807, 2.05) is 4.90 Å². The van der Waals surface area contributed by atoms with E-state index < -0.39 is 10.0 Å². The van der Waals surface area contributed by atoms with Crippen molar-refractivity contribution in [1.29, 1.82) is 0 Å². The second-order valence-corrected chi connectivity index (χ2v) is 12.2. The molecule has 0 bridgehead atoms. The van der Waals surface area contributed by atoms with E-state index in [1.165, 1.54) is 20.1 Å². The van der Waals surface area contributed by atoms with Gasteiger partial charge in [0.15, 0.2) is 5.13 Å². The van der Waals surface area contributed by atoms with E-state index in [-0.39, 0.29) is 23.3 Å². The molecule has 0 N–H and O–H groups in total. The van der Waals surface area contributed by atoms with Crippen LogP contribution in [0.15, 0.2) is 47.4 Å². The van der Waals surface area contributed by atoms with Crippen molar-refractivity contribution >= 4 is 42.6 Å². The van der Waals surface area contributed by atoms with Crippen LogP contribution in [0, 0.1) is 19.8 Å². The van der Waals surface area contributed by atoms with E-state index >= 15 is 0 Å². The number of piperazine rings is 1. The first-order chi connectivity index (χ1) is 16.3. The van der Waals surface area contributed by atoms with Gasteiger partial charge < -0.3 is 9.80 Å². The molecule has 9 heteroatoms. The minimum absolute atomic E-state index is 0.0726. The van der Waals surface area contributed by atoms with Crippen LogP contribution < -0.4 is 4.90 Å². The van der Waals surface area contributed by atoms with E-state index in [0.717, 1.165) is 30.2 Å². The molecule has 2 aliphatic heterocycles. The highest BCUT2D eigenvalue weighted by molar-refractivity contribution is 7.89. The summed E-state index contributed by atoms with van der Waals surface area (Å²) >= 11 is 1.71. The van der Waals surface area contributed by atoms with Crippen LogP contribution in [0.3, 0.4) is 0 Å². The first kappa shape index (κ1) is 23.3. The van der Waals surface area contributed by atoms with Crippen molar-refractivity contribution in [3.8, 4) is 0 Å². The molecule has 2 saturated heterocycles. The van der Waals surface area contributed by atoms with Crippen LogP contribution in [0.5, 0.6) is 0 Å². The number of benzene rings is 2. The highest BCUT2D eigenvalue weighted by atomic mass is 32.2. The molecule has 0 aliphatic carbocycles. The summed E-state index contributed by atoms with van der Waals surface area (Å²) in [5.74, 6) is -0.213. The van der Waals surface area contributed by atoms with Crippen LogP contribution in [-0.4, -0.2) is 67.8 Å². The highest BCUT2D eigenvalue weighted by Crippen LogP contribution is 2.32. The van der Waals surface area contributed by atoms with Gasteiger partial charge in [-0.15, -0.1) is 0 Å². The Morgan fingerprint density at radius 3 is 2.50 bits per heavy atom. The zero-order valence-corrected chi connectivity index (χ0v) is 21.2. The normalized spacial score (nSPS) is 20.1. The number of anilines is 1. The number of nitrogens with zero attached hydrogens (tertiary/aromatic N) is 4. The largest absolute Gasteiger partial charge is 0.345 e. The first-order valence-corrected chi connectivity index (χ1v) is 14.1. The predicted octanol–water partition coefficient (Wildman–Crippen LogP) is 3.66. The molecule has 1 amide bonds. The number of hydrogen-bond donors (Lipinski definition) is 0. The quantitative estimate of drug-likeness (QED) is 0.549. The summed E-state index contributed by atoms with van der Waals surface area (Å²) in [6, 6.07) is 12.8. The highest BCUT2D eigenvalue weighted by Gasteiger charge is 2.36. The summed E-state index contributed by atoms with van der Waals surface area (Å²) in [6.45, 7) is 7.67. The van der Waals surface area contributed by atoms with E-state index in [4.69, 9.17) is 4.98 Å². The molecule has 3 aromatic rings. The van der Waals surface area contributed by atoms with Crippen molar-refractivity contribution in [3.63, 3.8) is 0 Å². The molecule has 180 valence electrons. The van der Waals surface area contributed by atoms with Crippen LogP contribution in [0.25, 0.3) is 10.2 Å². The fourth-order valence-corrected chi connectivity index (χ4v) is 7.71. The van der Waals surface area contributed by atoms with Crippen molar-refractivity contribution in [2.75, 3.05) is 44.2 Å². The van der Waals surface area contributed by atoms with Gasteiger partial charge in [0.05, 0.1) is 21.0 Å². The molecule has 2 aliphatic rings. The van der Waals surface area contributed by atoms with Crippen molar-refractivity contribution in [3.05, 3.63) is 53.6 Å². The van der Waals surface area contributed by atoms with Gasteiger partial charge in [-0.1, -0.05) is 35.6 Å². The van der Waals surface area contributed by atoms with Crippen LogP contribution in [-0.2, 0) is 14.8 Å². The van der Waals surface area contributed by atoms with E-state index in [1.54, 1.807) is 41.7 Å². The molecule has 2 fully saturated rings. The summed E-state index contributed by atoms with van der Waals surface area (Å²) in [5.41, 5.74) is 3.50. The Morgan fingerprint density at radius 1 is 1.03 bits per heavy atom. The Hall–Kier alpha value is -2.49. The predicted molar refractivity (Wildman–Crippen MR) is 136 cm³/mol. The van der Waals surface area contributed by atoms with E-state index in [2.05, 4.69) is 30.9 Å². The zero-order valence-electron chi connectivity index (χ0n) is 19.6. The third-order valence-corrected chi connectivity index (χ3v) is 9.74. The summed E-state index contributed by atoms with van der Waals surface area (Å²) in [4.78, 5) is 22.6. The van der Waals surface area contributed by atoms with Gasteiger partial charge in [-0.2, -0.15) is 4.31 Å². The monoisotopic (exact) mass is 498 g/mol. The molecule has 5 rings (SSSR count). The van der Waals surface area contributed by atoms with Gasteiger partial charge in [-0.25, -0.2) is 13.4 Å². The average Bonchev–Trinajstić information content (AvgIpc) is 3.29. The Labute approximate surface area is 205 Å². The van der Waals surface area contributed by atoms with Crippen molar-refractivity contribution in [2.24, 2.45) is 5.92 Å². The number of aromatic nitrogens is 1. The van der Waals surface area contributed by atoms with Gasteiger partial charge in [-0.05, 0) is 56.0 Å². The lowest BCUT2D eigenvalue weighted by molar-refractivity contribution is -0.137. The van der Waals surface area contributed by atoms with E-state index in [0.29, 0.717) is 26.1 Å². The summed E-state index contributed by atoms with van der Waals surface area (Å²) < 4.78 is 28.8. The molecule has 1 aromatic heterocycles. The second-order valence-electron chi connectivity index (χ2n) is 9.25. The van der Waals surface area contributed by atoms with Crippen molar-refractivity contribution < 1.29 is 13.2 Å². The topological polar surface area (TPSA) is 73.8 Å². The number of carbonyl (C=O) groups is 1. The standard InChI is InChI=1S/C25H30N4O3S2/c1-18-15-19(2)23-22(16-18)33-25(26-23)28-13-11-27(12-14-28)24(30)20-7-6-10-29(17-20)34(31,32)21-8-4-3-5-9-21/h3-5,8-9,15-16,20H,6-7,10-14,17H2,1-2H3. The summed E-state index contributed by atoms with van der Waals surface area (Å²) in [5, 5.41) is 1.01. The smallest absolute Gasteiger partial charge is 0.243 e. The summed E-state index contributed by atoms with van der Waals surface area (Å²) in [7, 11) is -3.58. The lowest BCUT2D eigenvalue weighted by Crippen LogP contribution is -2.53. The Kier molecular flexibility index (Phi) is 6.35. The molecule has 2 aromatic carbocycles. The van der Waals surface area contributed by atoms with Gasteiger partial charge >= 0.3 is 0 Å². The third-order valence-electron chi connectivity index (χ3n) is 6.79. The molecule has 0 radical (unpaired) electrons. The molecule has 7 nitrogen and oxygen atoms in total. The SMILES string of the molecule is Cc1cc(C)c2nc(N3CCN(C(=O)C4CCCN(S(=O)(=O)c5ccccc5)C4)CC3)sc2c1. The maximum absolute atomic E-state index is 13.3. The molecule has 0 spiro atoms. The number of fused-ring (bicyclic) bond motifs is 1. The number of thiazole rings is 1. The number of carbonyl (C=O) groups excluding carboxylic acids is 1. The molecule has 1 unspecified atom stereocenters. The lowest BCUT2D eigenvalue weighted by Gasteiger charge is -2.38. The lowest BCUT2D eigenvalue weighted by atomic mass is 9.98. The van der Waals surface area contributed by atoms with Gasteiger partial charge in [0.25, 0.3) is 0 Å². The van der Waals surface area contributed by atoms with Gasteiger partial charge in [0.2, 0.25) is 15.9 Å². The fraction of sp³-hybridized carbons (Fsp3) is 0.440. The van der Waals surface area contributed by atoms with E-state index in [9.17, 15) is 13.2 Å². The minimum atomic E-state index is -3.58. The van der Waals surface area contributed by atoms with Gasteiger partial charge in [0.1, 0.15) is 0 Å². The molecule has 1 atom stereocenters. The first-order valence-electron chi connectivity index (χ1n) is 11.8. The van der Waals surface area contributed by atoms with Crippen LogP contribution in [0.1, 0.15) is 24.0 Å². The number of sulfonamides is 1. The number of rotatable bonds is 4. The van der Waals surface area contributed by atoms with Crippen LogP contribution in [0.4, 0.5) is 5.13 Å². The zero-order chi connectivity index (χ0) is 23.9. The summed E-state index contributed by atoms with van der Waals surface area (Å²) in [6.07, 6.45) is 1.43. The molecular formula is C25H30N4O3S2. The minimum Gasteiger partial charge on any atom is -0.345 e. The molecule has 34 heavy (non-hydrogen) atoms. The third kappa shape index (κ3) is 4.44. The number of piperidine rings is 1. The molecule has 0 saturated carbocycles. The Balaban J connectivity index is 1.23. The Morgan fingerprint density at radius 2 is 1.76 bits per heavy atom. The molecule has 3 heterocycles. The molecular weight excluding hydrogens is 468 g/mol. The van der Waals surface area contributed by atoms with Crippen LogP contribution in [0.2, 0.25) is 0 Å². The maximum Gasteiger partial charge on any atom is 0.243 e. The number of hydrogen-bond acceptors (Lipinski definition) is 6. The average molecular weight is 499 g/mol. The second kappa shape index (κ2) is 9.28. The van der Waals surface area contributed by atoms with Gasteiger partial charge in [-0.3, -0.25) is 4.79 Å². The van der Waals surface area contributed by atoms with Crippen molar-refractivity contribution in [2.45, 2.75) is 31.6 Å². The maximum atomic E-state index is 13.3. The van der Waals surface area contributed by atoms with Crippen LogP contribution >= 0.6 is 11.3 Å². The van der Waals surface area contributed by atoms with Gasteiger partial charge in [0, 0.05) is 39.3 Å². The van der Waals surface area contributed by atoms with Crippen molar-refractivity contribution in [1.82, 2.24) is 14.2 Å². The Bertz CT molecular complexity index is 1300.